The van der Waals surface area contributed by atoms with Gasteiger partial charge < -0.3 is 5.11 Å². The summed E-state index contributed by atoms with van der Waals surface area (Å²) in [6, 6.07) is 0. The van der Waals surface area contributed by atoms with Crippen molar-refractivity contribution < 1.29 is 19.5 Å². The fourth-order valence-corrected chi connectivity index (χ4v) is 1.91. The summed E-state index contributed by atoms with van der Waals surface area (Å²) in [5.41, 5.74) is -0.203. The van der Waals surface area contributed by atoms with Gasteiger partial charge in [0.2, 0.25) is 0 Å². The molecule has 14 heavy (non-hydrogen) atoms. The van der Waals surface area contributed by atoms with E-state index in [0.29, 0.717) is 0 Å². The molecule has 0 aliphatic carbocycles. The molecule has 0 spiro atoms. The van der Waals surface area contributed by atoms with Crippen LogP contribution >= 0.6 is 11.8 Å². The van der Waals surface area contributed by atoms with E-state index < -0.39 is 17.6 Å². The Morgan fingerprint density at radius 2 is 2.00 bits per heavy atom. The van der Waals surface area contributed by atoms with E-state index in [-0.39, 0.29) is 22.3 Å². The van der Waals surface area contributed by atoms with Crippen LogP contribution in [0.15, 0.2) is 16.3 Å². The van der Waals surface area contributed by atoms with Crippen LogP contribution in [0.25, 0.3) is 0 Å². The van der Waals surface area contributed by atoms with Gasteiger partial charge in [0.05, 0.1) is 5.75 Å². The van der Waals surface area contributed by atoms with Gasteiger partial charge in [0.25, 0.3) is 17.7 Å². The second kappa shape index (κ2) is 2.95. The maximum absolute atomic E-state index is 11.1. The van der Waals surface area contributed by atoms with E-state index in [1.807, 2.05) is 5.32 Å². The minimum absolute atomic E-state index is 0.107. The monoisotopic (exact) mass is 212 g/mol. The van der Waals surface area contributed by atoms with E-state index in [9.17, 15) is 19.5 Å². The molecule has 3 amide bonds. The number of aliphatic imine (C=N–C) groups is 1. The van der Waals surface area contributed by atoms with Crippen molar-refractivity contribution >= 4 is 34.5 Å². The van der Waals surface area contributed by atoms with Gasteiger partial charge in [0, 0.05) is 0 Å². The van der Waals surface area contributed by atoms with Crippen LogP contribution in [0.5, 0.6) is 0 Å². The Hall–Kier alpha value is -1.63. The van der Waals surface area contributed by atoms with Crippen LogP contribution in [0.4, 0.5) is 0 Å². The quantitative estimate of drug-likeness (QED) is 0.550. The zero-order valence-corrected chi connectivity index (χ0v) is 7.55. The first-order valence-corrected chi connectivity index (χ1v) is 4.62. The summed E-state index contributed by atoms with van der Waals surface area (Å²) in [4.78, 5) is 36.3. The zero-order chi connectivity index (χ0) is 10.3. The Bertz CT molecular complexity index is 423. The van der Waals surface area contributed by atoms with Gasteiger partial charge in [-0.1, -0.05) is 11.8 Å². The zero-order valence-electron chi connectivity index (χ0n) is 6.73. The van der Waals surface area contributed by atoms with E-state index >= 15 is 0 Å². The molecule has 0 saturated carbocycles. The van der Waals surface area contributed by atoms with Crippen molar-refractivity contribution in [1.29, 1.82) is 0 Å². The minimum Gasteiger partial charge on any atom is -0.502 e. The second-order valence-electron chi connectivity index (χ2n) is 2.61. The highest BCUT2D eigenvalue weighted by molar-refractivity contribution is 8.15. The molecule has 0 radical (unpaired) electrons. The number of carbonyl (C=O) groups is 3. The molecular formula is C7H4N2O4S. The fourth-order valence-electron chi connectivity index (χ4n) is 1.08. The Balaban J connectivity index is 2.43. The lowest BCUT2D eigenvalue weighted by Crippen LogP contribution is -2.24. The third kappa shape index (κ3) is 1.22. The summed E-state index contributed by atoms with van der Waals surface area (Å²) >= 11 is 1.03. The van der Waals surface area contributed by atoms with E-state index in [4.69, 9.17) is 0 Å². The van der Waals surface area contributed by atoms with Gasteiger partial charge in [-0.05, 0) is 0 Å². The van der Waals surface area contributed by atoms with Crippen LogP contribution in [0.3, 0.4) is 0 Å². The van der Waals surface area contributed by atoms with Gasteiger partial charge in [-0.3, -0.25) is 19.7 Å². The fraction of sp³-hybridized carbons (Fsp3) is 0.143. The second-order valence-corrected chi connectivity index (χ2v) is 3.57. The lowest BCUT2D eigenvalue weighted by molar-refractivity contribution is -0.125. The van der Waals surface area contributed by atoms with Crippen molar-refractivity contribution in [2.24, 2.45) is 4.99 Å². The van der Waals surface area contributed by atoms with Crippen molar-refractivity contribution in [2.75, 3.05) is 5.75 Å². The predicted molar refractivity (Wildman–Crippen MR) is 47.7 cm³/mol. The molecule has 7 heteroatoms. The standard InChI is InChI=1S/C7H4N2O4S/c10-2-1-14-7(8-2)3-4(11)6(13)9-5(3)12/h1H2,(H2,9,11,12,13). The van der Waals surface area contributed by atoms with E-state index in [1.165, 1.54) is 0 Å². The van der Waals surface area contributed by atoms with Crippen molar-refractivity contribution in [3.05, 3.63) is 11.3 Å². The Kier molecular flexibility index (Phi) is 1.88. The van der Waals surface area contributed by atoms with Crippen LogP contribution in [-0.2, 0) is 14.4 Å². The Labute approximate surface area is 82.1 Å². The first-order valence-electron chi connectivity index (χ1n) is 3.63. The van der Waals surface area contributed by atoms with Crippen LogP contribution in [0, 0.1) is 0 Å². The van der Waals surface area contributed by atoms with Crippen molar-refractivity contribution in [3.8, 4) is 0 Å². The smallest absolute Gasteiger partial charge is 0.293 e. The number of amides is 3. The highest BCUT2D eigenvalue weighted by Gasteiger charge is 2.35. The molecule has 2 N–H and O–H groups in total. The number of rotatable bonds is 1. The minimum atomic E-state index is -0.854. The molecule has 0 fully saturated rings. The van der Waals surface area contributed by atoms with Gasteiger partial charge in [-0.15, -0.1) is 0 Å². The molecule has 0 unspecified atom stereocenters. The lowest BCUT2D eigenvalue weighted by atomic mass is 10.3. The number of aliphatic hydroxyl groups is 1. The molecule has 2 heterocycles. The first kappa shape index (κ1) is 8.95. The average molecular weight is 212 g/mol. The Morgan fingerprint density at radius 3 is 2.43 bits per heavy atom. The number of thioether (sulfide) groups is 1. The normalized spacial score (nSPS) is 21.7. The summed E-state index contributed by atoms with van der Waals surface area (Å²) in [6.45, 7) is 0. The van der Waals surface area contributed by atoms with Crippen molar-refractivity contribution in [1.82, 2.24) is 5.32 Å². The molecule has 6 nitrogen and oxygen atoms in total. The van der Waals surface area contributed by atoms with Gasteiger partial charge in [0.15, 0.2) is 5.76 Å². The molecule has 0 aromatic heterocycles. The third-order valence-electron chi connectivity index (χ3n) is 1.68. The lowest BCUT2D eigenvalue weighted by Gasteiger charge is -1.95. The van der Waals surface area contributed by atoms with Gasteiger partial charge in [0.1, 0.15) is 10.6 Å². The van der Waals surface area contributed by atoms with Crippen molar-refractivity contribution in [2.45, 2.75) is 0 Å². The number of hydrogen-bond acceptors (Lipinski definition) is 5. The molecule has 0 atom stereocenters. The number of imide groups is 1. The SMILES string of the molecule is O=C1CSC(C2=C(O)C(=O)NC2=O)=N1. The van der Waals surface area contributed by atoms with E-state index in [2.05, 4.69) is 4.99 Å². The highest BCUT2D eigenvalue weighted by Crippen LogP contribution is 2.23. The molecule has 72 valence electrons. The maximum Gasteiger partial charge on any atom is 0.293 e. The molecule has 2 aliphatic rings. The van der Waals surface area contributed by atoms with Crippen LogP contribution < -0.4 is 5.32 Å². The van der Waals surface area contributed by atoms with Gasteiger partial charge in [-0.2, -0.15) is 0 Å². The summed E-state index contributed by atoms with van der Waals surface area (Å²) in [5.74, 6) is -2.48. The predicted octanol–water partition coefficient (Wildman–Crippen LogP) is -0.873. The first-order chi connectivity index (χ1) is 6.59. The number of nitrogens with one attached hydrogen (secondary N) is 1. The summed E-state index contributed by atoms with van der Waals surface area (Å²) < 4.78 is 0. The maximum atomic E-state index is 11.1. The topological polar surface area (TPSA) is 95.8 Å². The number of nitrogens with zero attached hydrogens (tertiary/aromatic N) is 1. The van der Waals surface area contributed by atoms with E-state index in [1.54, 1.807) is 0 Å². The Morgan fingerprint density at radius 1 is 1.29 bits per heavy atom. The van der Waals surface area contributed by atoms with Crippen molar-refractivity contribution in [3.63, 3.8) is 0 Å². The van der Waals surface area contributed by atoms with Crippen LogP contribution in [-0.4, -0.2) is 33.6 Å². The summed E-state index contributed by atoms with van der Waals surface area (Å²) in [6.07, 6.45) is 0. The largest absolute Gasteiger partial charge is 0.502 e. The summed E-state index contributed by atoms with van der Waals surface area (Å²) in [5, 5.41) is 11.2. The molecule has 0 saturated heterocycles. The molecule has 0 aromatic carbocycles. The number of carbonyl (C=O) groups excluding carboxylic acids is 3. The number of hydrogen-bond donors (Lipinski definition) is 2. The van der Waals surface area contributed by atoms with Gasteiger partial charge in [-0.25, -0.2) is 4.99 Å². The van der Waals surface area contributed by atoms with Gasteiger partial charge >= 0.3 is 0 Å². The third-order valence-corrected chi connectivity index (χ3v) is 2.64. The highest BCUT2D eigenvalue weighted by atomic mass is 32.2. The van der Waals surface area contributed by atoms with Crippen LogP contribution in [0.2, 0.25) is 0 Å². The van der Waals surface area contributed by atoms with Crippen LogP contribution in [0.1, 0.15) is 0 Å². The average Bonchev–Trinajstić information content (AvgIpc) is 2.60. The molecular weight excluding hydrogens is 208 g/mol. The number of aliphatic hydroxyl groups excluding tert-OH is 1. The molecule has 2 rings (SSSR count). The summed E-state index contributed by atoms with van der Waals surface area (Å²) in [7, 11) is 0. The van der Waals surface area contributed by atoms with E-state index in [0.717, 1.165) is 11.8 Å². The molecule has 2 aliphatic heterocycles. The molecule has 0 aromatic rings. The molecule has 0 bridgehead atoms.